The van der Waals surface area contributed by atoms with Gasteiger partial charge in [-0.15, -0.1) is 0 Å². The van der Waals surface area contributed by atoms with Crippen LogP contribution in [0.2, 0.25) is 5.02 Å². The smallest absolute Gasteiger partial charge is 0.363 e. The predicted molar refractivity (Wildman–Crippen MR) is 112 cm³/mol. The van der Waals surface area contributed by atoms with Crippen LogP contribution in [0.5, 0.6) is 11.5 Å². The highest BCUT2D eigenvalue weighted by Crippen LogP contribution is 2.37. The maximum absolute atomic E-state index is 12.3. The fourth-order valence-corrected chi connectivity index (χ4v) is 3.11. The number of esters is 1. The minimum absolute atomic E-state index is 0.00329. The molecule has 30 heavy (non-hydrogen) atoms. The first-order valence-corrected chi connectivity index (χ1v) is 9.11. The number of rotatable bonds is 7. The molecule has 0 aliphatic carbocycles. The molecular formula is C21H17ClN2O6. The zero-order chi connectivity index (χ0) is 21.8. The van der Waals surface area contributed by atoms with Gasteiger partial charge in [0.1, 0.15) is 6.61 Å². The highest BCUT2D eigenvalue weighted by molar-refractivity contribution is 6.32. The van der Waals surface area contributed by atoms with Gasteiger partial charge in [0, 0.05) is 17.2 Å². The number of aliphatic imine (C=N–C) groups is 1. The molecule has 0 fully saturated rings. The molecule has 0 N–H and O–H groups in total. The lowest BCUT2D eigenvalue weighted by atomic mass is 10.1. The van der Waals surface area contributed by atoms with Crippen molar-refractivity contribution < 1.29 is 23.9 Å². The first-order valence-electron chi connectivity index (χ1n) is 8.74. The van der Waals surface area contributed by atoms with Crippen molar-refractivity contribution in [1.82, 2.24) is 0 Å². The number of carbonyl (C=O) groups excluding carboxylic acids is 1. The molecule has 0 spiro atoms. The number of nitro benzene ring substituents is 1. The number of ether oxygens (including phenoxy) is 3. The minimum atomic E-state index is -0.682. The van der Waals surface area contributed by atoms with E-state index in [4.69, 9.17) is 25.8 Å². The molecule has 1 aliphatic rings. The molecule has 154 valence electrons. The fraction of sp³-hybridized carbons (Fsp3) is 0.143. The fourth-order valence-electron chi connectivity index (χ4n) is 2.84. The summed E-state index contributed by atoms with van der Waals surface area (Å²) in [7, 11) is 1.47. The molecule has 0 saturated heterocycles. The highest BCUT2D eigenvalue weighted by atomic mass is 35.5. The normalized spacial score (nSPS) is 14.3. The molecule has 8 nitrogen and oxygen atoms in total. The zero-order valence-corrected chi connectivity index (χ0v) is 16.9. The Kier molecular flexibility index (Phi) is 6.17. The lowest BCUT2D eigenvalue weighted by Crippen LogP contribution is -2.08. The largest absolute Gasteiger partial charge is 0.493 e. The van der Waals surface area contributed by atoms with Crippen molar-refractivity contribution in [2.75, 3.05) is 13.7 Å². The molecule has 0 bridgehead atoms. The first-order chi connectivity index (χ1) is 14.3. The monoisotopic (exact) mass is 428 g/mol. The molecule has 0 atom stereocenters. The lowest BCUT2D eigenvalue weighted by Gasteiger charge is -2.12. The van der Waals surface area contributed by atoms with Gasteiger partial charge >= 0.3 is 5.97 Å². The van der Waals surface area contributed by atoms with E-state index in [1.165, 1.54) is 25.3 Å². The average Bonchev–Trinajstić information content (AvgIpc) is 3.06. The Bertz CT molecular complexity index is 1110. The van der Waals surface area contributed by atoms with Crippen LogP contribution in [-0.4, -0.2) is 30.5 Å². The molecule has 0 unspecified atom stereocenters. The number of halogens is 1. The Morgan fingerprint density at radius 2 is 2.13 bits per heavy atom. The van der Waals surface area contributed by atoms with Gasteiger partial charge in [-0.05, 0) is 36.8 Å². The van der Waals surface area contributed by atoms with Crippen molar-refractivity contribution in [2.24, 2.45) is 4.99 Å². The quantitative estimate of drug-likeness (QED) is 0.212. The van der Waals surface area contributed by atoms with E-state index in [0.717, 1.165) is 0 Å². The van der Waals surface area contributed by atoms with Crippen LogP contribution in [0.3, 0.4) is 0 Å². The molecule has 2 aromatic rings. The average molecular weight is 429 g/mol. The van der Waals surface area contributed by atoms with Gasteiger partial charge < -0.3 is 14.2 Å². The Balaban J connectivity index is 1.99. The Hall–Kier alpha value is -3.65. The predicted octanol–water partition coefficient (Wildman–Crippen LogP) is 4.47. The van der Waals surface area contributed by atoms with Crippen LogP contribution in [0.15, 0.2) is 53.7 Å². The van der Waals surface area contributed by atoms with E-state index in [1.54, 1.807) is 31.2 Å². The summed E-state index contributed by atoms with van der Waals surface area (Å²) >= 11 is 6.28. The maximum Gasteiger partial charge on any atom is 0.363 e. The second-order valence-electron chi connectivity index (χ2n) is 6.18. The van der Waals surface area contributed by atoms with Crippen molar-refractivity contribution in [2.45, 2.75) is 6.92 Å². The van der Waals surface area contributed by atoms with Gasteiger partial charge in [0.05, 0.1) is 17.1 Å². The topological polar surface area (TPSA) is 100 Å². The highest BCUT2D eigenvalue weighted by Gasteiger charge is 2.27. The Morgan fingerprint density at radius 1 is 1.37 bits per heavy atom. The zero-order valence-electron chi connectivity index (χ0n) is 16.2. The number of hydrogen-bond acceptors (Lipinski definition) is 7. The minimum Gasteiger partial charge on any atom is -0.493 e. The Morgan fingerprint density at radius 3 is 2.80 bits per heavy atom. The third-order valence-electron chi connectivity index (χ3n) is 4.25. The summed E-state index contributed by atoms with van der Waals surface area (Å²) in [6, 6.07) is 7.71. The van der Waals surface area contributed by atoms with E-state index in [1.807, 2.05) is 0 Å². The number of carbonyl (C=O) groups is 1. The van der Waals surface area contributed by atoms with Crippen LogP contribution in [0.1, 0.15) is 16.7 Å². The summed E-state index contributed by atoms with van der Waals surface area (Å²) in [5.41, 5.74) is 1.19. The van der Waals surface area contributed by atoms with Crippen molar-refractivity contribution in [3.63, 3.8) is 0 Å². The summed E-state index contributed by atoms with van der Waals surface area (Å²) in [4.78, 5) is 27.2. The molecule has 3 rings (SSSR count). The molecule has 0 radical (unpaired) electrons. The number of nitrogens with zero attached hydrogens (tertiary/aromatic N) is 2. The van der Waals surface area contributed by atoms with Crippen LogP contribution >= 0.6 is 11.6 Å². The third kappa shape index (κ3) is 4.18. The molecule has 0 aromatic heterocycles. The summed E-state index contributed by atoms with van der Waals surface area (Å²) in [5, 5.41) is 11.4. The van der Waals surface area contributed by atoms with Gasteiger partial charge in [-0.25, -0.2) is 9.79 Å². The molecule has 0 saturated carbocycles. The van der Waals surface area contributed by atoms with Gasteiger partial charge in [-0.3, -0.25) is 10.1 Å². The van der Waals surface area contributed by atoms with Gasteiger partial charge in [-0.1, -0.05) is 30.3 Å². The number of benzene rings is 2. The van der Waals surface area contributed by atoms with E-state index in [-0.39, 0.29) is 28.9 Å². The van der Waals surface area contributed by atoms with Gasteiger partial charge in [-0.2, -0.15) is 0 Å². The Labute approximate surface area is 177 Å². The number of nitro groups is 1. The van der Waals surface area contributed by atoms with Crippen LogP contribution in [-0.2, 0) is 9.53 Å². The maximum atomic E-state index is 12.3. The SMILES string of the molecule is C=CCOc1c(Cl)cc(/C=C2\N=C(c3cccc([N+](=O)[O-])c3C)OC2=O)cc1OC. The van der Waals surface area contributed by atoms with E-state index in [2.05, 4.69) is 11.6 Å². The van der Waals surface area contributed by atoms with Crippen molar-refractivity contribution >= 4 is 35.2 Å². The van der Waals surface area contributed by atoms with E-state index in [9.17, 15) is 14.9 Å². The van der Waals surface area contributed by atoms with E-state index in [0.29, 0.717) is 28.2 Å². The van der Waals surface area contributed by atoms with Crippen LogP contribution < -0.4 is 9.47 Å². The standard InChI is InChI=1S/C21H17ClN2O6/c1-4-8-29-19-15(22)9-13(11-18(19)28-3)10-16-21(25)30-20(23-16)14-6-5-7-17(12(14)2)24(26)27/h4-7,9-11H,1,8H2,2-3H3/b16-10-. The molecule has 1 heterocycles. The third-order valence-corrected chi connectivity index (χ3v) is 4.53. The first kappa shape index (κ1) is 21.1. The lowest BCUT2D eigenvalue weighted by molar-refractivity contribution is -0.385. The van der Waals surface area contributed by atoms with Crippen molar-refractivity contribution in [3.05, 3.63) is 80.5 Å². The summed E-state index contributed by atoms with van der Waals surface area (Å²) in [6.45, 7) is 5.40. The number of hydrogen-bond donors (Lipinski definition) is 0. The van der Waals surface area contributed by atoms with Crippen LogP contribution in [0.4, 0.5) is 5.69 Å². The van der Waals surface area contributed by atoms with Crippen LogP contribution in [0, 0.1) is 17.0 Å². The van der Waals surface area contributed by atoms with Gasteiger partial charge in [0.15, 0.2) is 17.2 Å². The molecule has 0 amide bonds. The molecule has 9 heteroatoms. The second kappa shape index (κ2) is 8.79. The molecule has 1 aliphatic heterocycles. The number of methoxy groups -OCH3 is 1. The summed E-state index contributed by atoms with van der Waals surface area (Å²) < 4.78 is 16.0. The van der Waals surface area contributed by atoms with Crippen LogP contribution in [0.25, 0.3) is 6.08 Å². The van der Waals surface area contributed by atoms with E-state index >= 15 is 0 Å². The van der Waals surface area contributed by atoms with Crippen molar-refractivity contribution in [1.29, 1.82) is 0 Å². The molecular weight excluding hydrogens is 412 g/mol. The summed E-state index contributed by atoms with van der Waals surface area (Å²) in [5.74, 6) is 0.0438. The number of cyclic esters (lactones) is 1. The van der Waals surface area contributed by atoms with E-state index < -0.39 is 10.9 Å². The van der Waals surface area contributed by atoms with Gasteiger partial charge in [0.2, 0.25) is 5.90 Å². The second-order valence-corrected chi connectivity index (χ2v) is 6.58. The van der Waals surface area contributed by atoms with Gasteiger partial charge in [0.25, 0.3) is 5.69 Å². The summed E-state index contributed by atoms with van der Waals surface area (Å²) in [6.07, 6.45) is 3.06. The molecule has 2 aromatic carbocycles. The van der Waals surface area contributed by atoms with Crippen molar-refractivity contribution in [3.8, 4) is 11.5 Å².